The predicted octanol–water partition coefficient (Wildman–Crippen LogP) is 1.80. The Kier molecular flexibility index (Phi) is 3.73. The van der Waals surface area contributed by atoms with Gasteiger partial charge in [0.1, 0.15) is 12.1 Å². The maximum Gasteiger partial charge on any atom is 0.223 e. The van der Waals surface area contributed by atoms with Crippen molar-refractivity contribution in [3.8, 4) is 18.2 Å². The number of rotatable bonds is 4. The second-order valence-corrected chi connectivity index (χ2v) is 4.05. The Balaban J connectivity index is 3.05. The van der Waals surface area contributed by atoms with Crippen LogP contribution in [0.2, 0.25) is 0 Å². The van der Waals surface area contributed by atoms with Gasteiger partial charge in [-0.1, -0.05) is 19.3 Å². The molecule has 0 aliphatic heterocycles. The fraction of sp³-hybridized carbons (Fsp3) is 0.500. The number of aromatic nitrogens is 2. The molecule has 0 radical (unpaired) electrons. The largest absolute Gasteiger partial charge is 0.458 e. The van der Waals surface area contributed by atoms with E-state index < -0.39 is 5.60 Å². The molecule has 0 saturated carbocycles. The molecular weight excluding hydrogens is 202 g/mol. The van der Waals surface area contributed by atoms with Crippen LogP contribution in [0.4, 0.5) is 5.82 Å². The van der Waals surface area contributed by atoms with Crippen molar-refractivity contribution in [2.45, 2.75) is 39.2 Å². The van der Waals surface area contributed by atoms with Gasteiger partial charge in [0.05, 0.1) is 5.56 Å². The summed E-state index contributed by atoms with van der Waals surface area (Å²) in [7, 11) is 0. The Bertz CT molecular complexity index is 407. The van der Waals surface area contributed by atoms with Crippen LogP contribution in [0.15, 0.2) is 6.33 Å². The first kappa shape index (κ1) is 12.3. The molecule has 4 nitrogen and oxygen atoms in total. The number of nitrogen functional groups attached to an aromatic ring is 1. The van der Waals surface area contributed by atoms with Crippen molar-refractivity contribution in [3.05, 3.63) is 11.9 Å². The van der Waals surface area contributed by atoms with Gasteiger partial charge in [0.2, 0.25) is 5.88 Å². The van der Waals surface area contributed by atoms with E-state index in [2.05, 4.69) is 22.8 Å². The SMILES string of the molecule is C#CC(C)(C)Oc1ncnc(N)c1CCC. The van der Waals surface area contributed by atoms with Gasteiger partial charge >= 0.3 is 0 Å². The van der Waals surface area contributed by atoms with E-state index in [1.165, 1.54) is 6.33 Å². The summed E-state index contributed by atoms with van der Waals surface area (Å²) in [5, 5.41) is 0. The van der Waals surface area contributed by atoms with Crippen molar-refractivity contribution in [2.24, 2.45) is 0 Å². The fourth-order valence-electron chi connectivity index (χ4n) is 1.25. The fourth-order valence-corrected chi connectivity index (χ4v) is 1.25. The molecule has 2 N–H and O–H groups in total. The van der Waals surface area contributed by atoms with E-state index in [0.29, 0.717) is 11.7 Å². The average molecular weight is 219 g/mol. The summed E-state index contributed by atoms with van der Waals surface area (Å²) in [5.74, 6) is 3.50. The average Bonchev–Trinajstić information content (AvgIpc) is 2.23. The van der Waals surface area contributed by atoms with Gasteiger partial charge in [-0.3, -0.25) is 0 Å². The van der Waals surface area contributed by atoms with E-state index in [1.807, 2.05) is 0 Å². The van der Waals surface area contributed by atoms with E-state index in [9.17, 15) is 0 Å². The Morgan fingerprint density at radius 3 is 2.75 bits per heavy atom. The number of terminal acetylenes is 1. The lowest BCUT2D eigenvalue weighted by atomic mass is 10.1. The lowest BCUT2D eigenvalue weighted by molar-refractivity contribution is 0.162. The predicted molar refractivity (Wildman–Crippen MR) is 64.0 cm³/mol. The van der Waals surface area contributed by atoms with E-state index in [0.717, 1.165) is 18.4 Å². The molecule has 0 unspecified atom stereocenters. The van der Waals surface area contributed by atoms with Crippen LogP contribution >= 0.6 is 0 Å². The molecule has 0 aliphatic carbocycles. The first-order valence-corrected chi connectivity index (χ1v) is 5.26. The van der Waals surface area contributed by atoms with Crippen molar-refractivity contribution in [3.63, 3.8) is 0 Å². The minimum atomic E-state index is -0.691. The summed E-state index contributed by atoms with van der Waals surface area (Å²) in [5.41, 5.74) is 5.92. The molecule has 0 atom stereocenters. The van der Waals surface area contributed by atoms with Gasteiger partial charge in [0.25, 0.3) is 0 Å². The normalized spacial score (nSPS) is 10.9. The van der Waals surface area contributed by atoms with Gasteiger partial charge in [0.15, 0.2) is 5.60 Å². The van der Waals surface area contributed by atoms with Crippen molar-refractivity contribution < 1.29 is 4.74 Å². The molecule has 0 spiro atoms. The zero-order valence-corrected chi connectivity index (χ0v) is 9.95. The smallest absolute Gasteiger partial charge is 0.223 e. The number of anilines is 1. The third-order valence-corrected chi connectivity index (χ3v) is 2.14. The summed E-state index contributed by atoms with van der Waals surface area (Å²) in [6, 6.07) is 0. The van der Waals surface area contributed by atoms with Crippen molar-refractivity contribution in [1.82, 2.24) is 9.97 Å². The molecule has 0 amide bonds. The van der Waals surface area contributed by atoms with Crippen LogP contribution in [0.3, 0.4) is 0 Å². The van der Waals surface area contributed by atoms with Gasteiger partial charge in [-0.25, -0.2) is 9.97 Å². The molecule has 0 bridgehead atoms. The maximum atomic E-state index is 5.78. The van der Waals surface area contributed by atoms with Gasteiger partial charge in [-0.2, -0.15) is 0 Å². The van der Waals surface area contributed by atoms with Crippen molar-refractivity contribution in [1.29, 1.82) is 0 Å². The van der Waals surface area contributed by atoms with Gasteiger partial charge < -0.3 is 10.5 Å². The Hall–Kier alpha value is -1.76. The summed E-state index contributed by atoms with van der Waals surface area (Å²) < 4.78 is 5.65. The van der Waals surface area contributed by atoms with E-state index in [1.54, 1.807) is 13.8 Å². The number of ether oxygens (including phenoxy) is 1. The number of hydrogen-bond acceptors (Lipinski definition) is 4. The standard InChI is InChI=1S/C12H17N3O/c1-5-7-9-10(13)14-8-15-11(9)16-12(3,4)6-2/h2,8H,5,7H2,1,3-4H3,(H2,13,14,15). The molecule has 4 heteroatoms. The van der Waals surface area contributed by atoms with Crippen LogP contribution in [-0.2, 0) is 6.42 Å². The molecule has 1 heterocycles. The van der Waals surface area contributed by atoms with Crippen LogP contribution < -0.4 is 10.5 Å². The lowest BCUT2D eigenvalue weighted by Gasteiger charge is -2.21. The first-order chi connectivity index (χ1) is 7.50. The van der Waals surface area contributed by atoms with Crippen LogP contribution in [0, 0.1) is 12.3 Å². The van der Waals surface area contributed by atoms with E-state index >= 15 is 0 Å². The Morgan fingerprint density at radius 1 is 1.50 bits per heavy atom. The second-order valence-electron chi connectivity index (χ2n) is 4.05. The first-order valence-electron chi connectivity index (χ1n) is 5.26. The molecule has 16 heavy (non-hydrogen) atoms. The monoisotopic (exact) mass is 219 g/mol. The topological polar surface area (TPSA) is 61.0 Å². The summed E-state index contributed by atoms with van der Waals surface area (Å²) in [6.45, 7) is 5.67. The van der Waals surface area contributed by atoms with E-state index in [-0.39, 0.29) is 0 Å². The van der Waals surface area contributed by atoms with Crippen LogP contribution in [0.5, 0.6) is 5.88 Å². The minimum absolute atomic E-state index is 0.458. The molecule has 0 aromatic carbocycles. The number of hydrogen-bond donors (Lipinski definition) is 1. The number of nitrogens with zero attached hydrogens (tertiary/aromatic N) is 2. The third kappa shape index (κ3) is 2.86. The van der Waals surface area contributed by atoms with Crippen molar-refractivity contribution in [2.75, 3.05) is 5.73 Å². The van der Waals surface area contributed by atoms with Crippen molar-refractivity contribution >= 4 is 5.82 Å². The highest BCUT2D eigenvalue weighted by Crippen LogP contribution is 2.24. The maximum absolute atomic E-state index is 5.78. The third-order valence-electron chi connectivity index (χ3n) is 2.14. The Morgan fingerprint density at radius 2 is 2.19 bits per heavy atom. The molecule has 0 fully saturated rings. The molecular formula is C12H17N3O. The minimum Gasteiger partial charge on any atom is -0.458 e. The van der Waals surface area contributed by atoms with Crippen LogP contribution in [0.25, 0.3) is 0 Å². The summed E-state index contributed by atoms with van der Waals surface area (Å²) in [6.07, 6.45) is 8.48. The lowest BCUT2D eigenvalue weighted by Crippen LogP contribution is -2.27. The number of nitrogens with two attached hydrogens (primary N) is 1. The highest BCUT2D eigenvalue weighted by molar-refractivity contribution is 5.45. The van der Waals surface area contributed by atoms with Gasteiger partial charge in [-0.15, -0.1) is 6.42 Å². The molecule has 1 aromatic rings. The van der Waals surface area contributed by atoms with E-state index in [4.69, 9.17) is 16.9 Å². The van der Waals surface area contributed by atoms with Gasteiger partial charge in [-0.05, 0) is 20.3 Å². The highest BCUT2D eigenvalue weighted by Gasteiger charge is 2.20. The molecule has 1 aromatic heterocycles. The highest BCUT2D eigenvalue weighted by atomic mass is 16.5. The summed E-state index contributed by atoms with van der Waals surface area (Å²) in [4.78, 5) is 8.03. The quantitative estimate of drug-likeness (QED) is 0.784. The van der Waals surface area contributed by atoms with Crippen LogP contribution in [0.1, 0.15) is 32.8 Å². The molecule has 86 valence electrons. The zero-order chi connectivity index (χ0) is 12.2. The molecule has 0 saturated heterocycles. The second kappa shape index (κ2) is 4.84. The van der Waals surface area contributed by atoms with Crippen LogP contribution in [-0.4, -0.2) is 15.6 Å². The van der Waals surface area contributed by atoms with Gasteiger partial charge in [0, 0.05) is 0 Å². The molecule has 0 aliphatic rings. The zero-order valence-electron chi connectivity index (χ0n) is 9.95. The summed E-state index contributed by atoms with van der Waals surface area (Å²) >= 11 is 0. The molecule has 1 rings (SSSR count). The Labute approximate surface area is 96.2 Å².